The summed E-state index contributed by atoms with van der Waals surface area (Å²) in [5.41, 5.74) is 5.00. The van der Waals surface area contributed by atoms with Crippen LogP contribution in [0, 0.1) is 0 Å². The summed E-state index contributed by atoms with van der Waals surface area (Å²) in [6, 6.07) is -0.327. The van der Waals surface area contributed by atoms with E-state index in [-0.39, 0.29) is 11.0 Å². The van der Waals surface area contributed by atoms with Gasteiger partial charge < -0.3 is 11.1 Å². The Hall–Kier alpha value is -1.63. The highest BCUT2D eigenvalue weighted by Gasteiger charge is 2.08. The standard InChI is InChI=1S/C7H10N4O2S/c1-2-9-7(13)11-4-3-10-6(14-4)5(8)12/h3H,2H2,1H3,(H2,8,12)(H2,9,11,13). The molecule has 6 nitrogen and oxygen atoms in total. The molecule has 0 aliphatic carbocycles. The van der Waals surface area contributed by atoms with Gasteiger partial charge in [0.25, 0.3) is 5.91 Å². The van der Waals surface area contributed by atoms with E-state index in [9.17, 15) is 9.59 Å². The summed E-state index contributed by atoms with van der Waals surface area (Å²) in [6.07, 6.45) is 1.39. The number of carbonyl (C=O) groups excluding carboxylic acids is 2. The van der Waals surface area contributed by atoms with Crippen LogP contribution in [0.1, 0.15) is 16.7 Å². The number of rotatable bonds is 3. The molecular formula is C7H10N4O2S. The Balaban J connectivity index is 2.59. The molecule has 0 aliphatic rings. The second kappa shape index (κ2) is 4.56. The maximum atomic E-state index is 11.0. The van der Waals surface area contributed by atoms with E-state index in [4.69, 9.17) is 5.73 Å². The fourth-order valence-corrected chi connectivity index (χ4v) is 1.43. The van der Waals surface area contributed by atoms with Gasteiger partial charge in [0, 0.05) is 6.54 Å². The number of anilines is 1. The van der Waals surface area contributed by atoms with E-state index in [0.29, 0.717) is 11.5 Å². The molecule has 0 atom stereocenters. The number of nitrogens with zero attached hydrogens (tertiary/aromatic N) is 1. The smallest absolute Gasteiger partial charge is 0.319 e. The first-order chi connectivity index (χ1) is 6.63. The molecule has 0 radical (unpaired) electrons. The second-order valence-corrected chi connectivity index (χ2v) is 3.41. The Labute approximate surface area is 84.5 Å². The summed E-state index contributed by atoms with van der Waals surface area (Å²) < 4.78 is 0. The van der Waals surface area contributed by atoms with Crippen LogP contribution in [0.4, 0.5) is 9.80 Å². The summed E-state index contributed by atoms with van der Waals surface area (Å²) in [7, 11) is 0. The van der Waals surface area contributed by atoms with E-state index in [0.717, 1.165) is 11.3 Å². The highest BCUT2D eigenvalue weighted by atomic mass is 32.1. The van der Waals surface area contributed by atoms with Crippen LogP contribution in [-0.2, 0) is 0 Å². The monoisotopic (exact) mass is 214 g/mol. The van der Waals surface area contributed by atoms with Gasteiger partial charge in [-0.1, -0.05) is 11.3 Å². The lowest BCUT2D eigenvalue weighted by Crippen LogP contribution is -2.27. The molecule has 0 saturated heterocycles. The average molecular weight is 214 g/mol. The van der Waals surface area contributed by atoms with Crippen molar-refractivity contribution in [3.63, 3.8) is 0 Å². The molecule has 0 saturated carbocycles. The predicted molar refractivity (Wildman–Crippen MR) is 53.3 cm³/mol. The van der Waals surface area contributed by atoms with Crippen LogP contribution in [0.15, 0.2) is 6.20 Å². The first-order valence-electron chi connectivity index (χ1n) is 3.94. The molecule has 1 aromatic rings. The van der Waals surface area contributed by atoms with Gasteiger partial charge >= 0.3 is 6.03 Å². The number of thiazole rings is 1. The second-order valence-electron chi connectivity index (χ2n) is 2.38. The molecule has 3 amide bonds. The summed E-state index contributed by atoms with van der Waals surface area (Å²) >= 11 is 1.04. The number of aromatic nitrogens is 1. The third kappa shape index (κ3) is 2.70. The molecule has 4 N–H and O–H groups in total. The zero-order chi connectivity index (χ0) is 10.6. The molecule has 76 valence electrons. The number of hydrogen-bond acceptors (Lipinski definition) is 4. The largest absolute Gasteiger partial charge is 0.364 e. The lowest BCUT2D eigenvalue weighted by atomic mass is 10.7. The summed E-state index contributed by atoms with van der Waals surface area (Å²) in [4.78, 5) is 25.4. The molecule has 0 aromatic carbocycles. The Kier molecular flexibility index (Phi) is 3.41. The Morgan fingerprint density at radius 2 is 2.36 bits per heavy atom. The fraction of sp³-hybridized carbons (Fsp3) is 0.286. The van der Waals surface area contributed by atoms with Crippen LogP contribution < -0.4 is 16.4 Å². The molecule has 0 bridgehead atoms. The lowest BCUT2D eigenvalue weighted by Gasteiger charge is -2.00. The van der Waals surface area contributed by atoms with Gasteiger partial charge in [0.1, 0.15) is 5.00 Å². The van der Waals surface area contributed by atoms with E-state index >= 15 is 0 Å². The van der Waals surface area contributed by atoms with Crippen molar-refractivity contribution >= 4 is 28.3 Å². The molecule has 7 heteroatoms. The van der Waals surface area contributed by atoms with Gasteiger partial charge in [-0.3, -0.25) is 10.1 Å². The van der Waals surface area contributed by atoms with E-state index in [1.54, 1.807) is 6.92 Å². The van der Waals surface area contributed by atoms with Crippen LogP contribution >= 0.6 is 11.3 Å². The number of primary amides is 1. The normalized spacial score (nSPS) is 9.50. The molecular weight excluding hydrogens is 204 g/mol. The molecule has 0 aliphatic heterocycles. The van der Waals surface area contributed by atoms with Crippen LogP contribution in [0.25, 0.3) is 0 Å². The van der Waals surface area contributed by atoms with Crippen molar-refractivity contribution in [1.29, 1.82) is 0 Å². The van der Waals surface area contributed by atoms with E-state index in [2.05, 4.69) is 15.6 Å². The molecule has 0 unspecified atom stereocenters. The van der Waals surface area contributed by atoms with Gasteiger partial charge in [0.2, 0.25) is 0 Å². The number of nitrogens with one attached hydrogen (secondary N) is 2. The van der Waals surface area contributed by atoms with Gasteiger partial charge in [-0.05, 0) is 6.92 Å². The van der Waals surface area contributed by atoms with Gasteiger partial charge in [0.05, 0.1) is 6.20 Å². The topological polar surface area (TPSA) is 97.1 Å². The number of amides is 3. The number of carbonyl (C=O) groups is 2. The minimum Gasteiger partial charge on any atom is -0.364 e. The van der Waals surface area contributed by atoms with Crippen molar-refractivity contribution in [3.8, 4) is 0 Å². The quantitative estimate of drug-likeness (QED) is 0.678. The molecule has 0 fully saturated rings. The van der Waals surface area contributed by atoms with E-state index in [1.807, 2.05) is 0 Å². The summed E-state index contributed by atoms with van der Waals surface area (Å²) in [5, 5.41) is 5.73. The molecule has 14 heavy (non-hydrogen) atoms. The zero-order valence-electron chi connectivity index (χ0n) is 7.53. The fourth-order valence-electron chi connectivity index (χ4n) is 0.762. The van der Waals surface area contributed by atoms with Crippen molar-refractivity contribution < 1.29 is 9.59 Å². The van der Waals surface area contributed by atoms with Crippen LogP contribution in [0.5, 0.6) is 0 Å². The van der Waals surface area contributed by atoms with Crippen LogP contribution in [-0.4, -0.2) is 23.5 Å². The molecule has 1 rings (SSSR count). The highest BCUT2D eigenvalue weighted by molar-refractivity contribution is 7.17. The SMILES string of the molecule is CCNC(=O)Nc1cnc(C(N)=O)s1. The Morgan fingerprint density at radius 1 is 1.64 bits per heavy atom. The Morgan fingerprint density at radius 3 is 2.86 bits per heavy atom. The van der Waals surface area contributed by atoms with Crippen molar-refractivity contribution in [2.75, 3.05) is 11.9 Å². The third-order valence-electron chi connectivity index (χ3n) is 1.29. The average Bonchev–Trinajstić information content (AvgIpc) is 2.53. The van der Waals surface area contributed by atoms with Gasteiger partial charge in [0.15, 0.2) is 5.01 Å². The minimum absolute atomic E-state index is 0.178. The van der Waals surface area contributed by atoms with Crippen molar-refractivity contribution in [2.45, 2.75) is 6.92 Å². The first kappa shape index (κ1) is 10.5. The van der Waals surface area contributed by atoms with Gasteiger partial charge in [-0.2, -0.15) is 0 Å². The molecule has 1 aromatic heterocycles. The van der Waals surface area contributed by atoms with Crippen molar-refractivity contribution in [3.05, 3.63) is 11.2 Å². The maximum Gasteiger partial charge on any atom is 0.319 e. The van der Waals surface area contributed by atoms with Gasteiger partial charge in [-0.15, -0.1) is 0 Å². The van der Waals surface area contributed by atoms with E-state index < -0.39 is 5.91 Å². The first-order valence-corrected chi connectivity index (χ1v) is 4.75. The van der Waals surface area contributed by atoms with Crippen molar-refractivity contribution in [2.24, 2.45) is 5.73 Å². The van der Waals surface area contributed by atoms with E-state index in [1.165, 1.54) is 6.20 Å². The number of hydrogen-bond donors (Lipinski definition) is 3. The molecule has 1 heterocycles. The predicted octanol–water partition coefficient (Wildman–Crippen LogP) is 0.383. The Bertz CT molecular complexity index is 349. The minimum atomic E-state index is -0.598. The maximum absolute atomic E-state index is 11.0. The van der Waals surface area contributed by atoms with Crippen LogP contribution in [0.3, 0.4) is 0 Å². The molecule has 0 spiro atoms. The lowest BCUT2D eigenvalue weighted by molar-refractivity contribution is 0.1000. The summed E-state index contributed by atoms with van der Waals surface area (Å²) in [5.74, 6) is -0.598. The number of nitrogens with two attached hydrogens (primary N) is 1. The van der Waals surface area contributed by atoms with Crippen molar-refractivity contribution in [1.82, 2.24) is 10.3 Å². The summed E-state index contributed by atoms with van der Waals surface area (Å²) in [6.45, 7) is 2.34. The van der Waals surface area contributed by atoms with Crippen LogP contribution in [0.2, 0.25) is 0 Å². The van der Waals surface area contributed by atoms with Gasteiger partial charge in [-0.25, -0.2) is 9.78 Å². The number of urea groups is 1. The third-order valence-corrected chi connectivity index (χ3v) is 2.22. The zero-order valence-corrected chi connectivity index (χ0v) is 8.35. The highest BCUT2D eigenvalue weighted by Crippen LogP contribution is 2.17.